The second-order valence-electron chi connectivity index (χ2n) is 4.02. The molecule has 19 heavy (non-hydrogen) atoms. The molecule has 0 aliphatic carbocycles. The molecule has 6 heteroatoms. The lowest BCUT2D eigenvalue weighted by atomic mass is 10.1. The number of rotatable bonds is 7. The van der Waals surface area contributed by atoms with E-state index in [4.69, 9.17) is 0 Å². The first-order valence-electron chi connectivity index (χ1n) is 5.97. The summed E-state index contributed by atoms with van der Waals surface area (Å²) in [6.45, 7) is 1.59. The molecular weight excluding hydrogens is 254 g/mol. The number of amides is 1. The Bertz CT molecular complexity index is 425. The van der Waals surface area contributed by atoms with Crippen molar-refractivity contribution in [3.05, 3.63) is 29.3 Å². The van der Waals surface area contributed by atoms with Crippen molar-refractivity contribution in [2.45, 2.75) is 13.3 Å². The topological polar surface area (TPSA) is 50.4 Å². The lowest BCUT2D eigenvalue weighted by Gasteiger charge is -2.11. The molecule has 2 N–H and O–H groups in total. The lowest BCUT2D eigenvalue weighted by Crippen LogP contribution is -2.28. The van der Waals surface area contributed by atoms with Crippen molar-refractivity contribution < 1.29 is 18.3 Å². The molecule has 0 fully saturated rings. The van der Waals surface area contributed by atoms with Crippen LogP contribution in [-0.4, -0.2) is 39.1 Å². The van der Waals surface area contributed by atoms with Crippen molar-refractivity contribution >= 4 is 11.6 Å². The maximum Gasteiger partial charge on any atom is 0.261 e. The Morgan fingerprint density at radius 1 is 1.42 bits per heavy atom. The van der Waals surface area contributed by atoms with Gasteiger partial charge in [0.05, 0.1) is 12.2 Å². The maximum atomic E-state index is 11.9. The van der Waals surface area contributed by atoms with Gasteiger partial charge in [-0.05, 0) is 24.6 Å². The Morgan fingerprint density at radius 2 is 2.16 bits per heavy atom. The number of aryl methyl sites for hydroxylation is 1. The highest BCUT2D eigenvalue weighted by atomic mass is 19.3. The zero-order valence-electron chi connectivity index (χ0n) is 11.0. The van der Waals surface area contributed by atoms with Crippen LogP contribution in [0.2, 0.25) is 0 Å². The van der Waals surface area contributed by atoms with Crippen molar-refractivity contribution in [3.8, 4) is 0 Å². The van der Waals surface area contributed by atoms with E-state index < -0.39 is 13.0 Å². The number of anilines is 1. The average Bonchev–Trinajstić information content (AvgIpc) is 2.37. The number of halogens is 2. The first-order chi connectivity index (χ1) is 9.04. The van der Waals surface area contributed by atoms with Crippen LogP contribution in [0.1, 0.15) is 15.9 Å². The van der Waals surface area contributed by atoms with Gasteiger partial charge >= 0.3 is 0 Å². The molecule has 0 spiro atoms. The zero-order chi connectivity index (χ0) is 14.3. The Balaban J connectivity index is 2.45. The molecule has 1 aromatic carbocycles. The minimum atomic E-state index is -2.48. The Morgan fingerprint density at radius 3 is 2.79 bits per heavy atom. The van der Waals surface area contributed by atoms with Gasteiger partial charge in [0.15, 0.2) is 0 Å². The van der Waals surface area contributed by atoms with E-state index in [1.807, 2.05) is 19.1 Å². The van der Waals surface area contributed by atoms with Gasteiger partial charge in [-0.2, -0.15) is 0 Å². The molecule has 0 saturated heterocycles. The van der Waals surface area contributed by atoms with E-state index >= 15 is 0 Å². The number of alkyl halides is 2. The predicted octanol–water partition coefficient (Wildman–Crippen LogP) is 2.05. The summed E-state index contributed by atoms with van der Waals surface area (Å²) >= 11 is 0. The summed E-state index contributed by atoms with van der Waals surface area (Å²) in [5.74, 6) is -0.259. The summed E-state index contributed by atoms with van der Waals surface area (Å²) in [5.41, 5.74) is 2.29. The van der Waals surface area contributed by atoms with E-state index in [-0.39, 0.29) is 19.1 Å². The van der Waals surface area contributed by atoms with Crippen molar-refractivity contribution in [1.29, 1.82) is 0 Å². The van der Waals surface area contributed by atoms with Crippen LogP contribution in [0.5, 0.6) is 0 Å². The zero-order valence-corrected chi connectivity index (χ0v) is 11.0. The molecule has 106 valence electrons. The van der Waals surface area contributed by atoms with E-state index in [1.165, 1.54) is 0 Å². The number of carbonyl (C=O) groups is 1. The minimum Gasteiger partial charge on any atom is -0.387 e. The van der Waals surface area contributed by atoms with Gasteiger partial charge < -0.3 is 15.4 Å². The smallest absolute Gasteiger partial charge is 0.261 e. The van der Waals surface area contributed by atoms with Gasteiger partial charge in [-0.3, -0.25) is 4.79 Å². The summed E-state index contributed by atoms with van der Waals surface area (Å²) in [4.78, 5) is 11.9. The molecule has 0 bridgehead atoms. The predicted molar refractivity (Wildman–Crippen MR) is 69.9 cm³/mol. The largest absolute Gasteiger partial charge is 0.387 e. The first-order valence-corrected chi connectivity index (χ1v) is 5.97. The average molecular weight is 272 g/mol. The van der Waals surface area contributed by atoms with E-state index in [2.05, 4.69) is 15.4 Å². The molecular formula is C13H18F2N2O2. The SMILES string of the molecule is CNc1cc(C)ccc1C(=O)NCCOCC(F)F. The van der Waals surface area contributed by atoms with Crippen LogP contribution >= 0.6 is 0 Å². The third-order valence-electron chi connectivity index (χ3n) is 2.46. The van der Waals surface area contributed by atoms with E-state index in [1.54, 1.807) is 13.1 Å². The van der Waals surface area contributed by atoms with Crippen LogP contribution in [0.4, 0.5) is 14.5 Å². The monoisotopic (exact) mass is 272 g/mol. The molecule has 0 aliphatic heterocycles. The quantitative estimate of drug-likeness (QED) is 0.747. The van der Waals surface area contributed by atoms with Gasteiger partial charge in [0.25, 0.3) is 12.3 Å². The highest BCUT2D eigenvalue weighted by Crippen LogP contribution is 2.16. The second kappa shape index (κ2) is 7.68. The summed E-state index contributed by atoms with van der Waals surface area (Å²) in [7, 11) is 1.73. The lowest BCUT2D eigenvalue weighted by molar-refractivity contribution is 0.0188. The van der Waals surface area contributed by atoms with Crippen LogP contribution < -0.4 is 10.6 Å². The van der Waals surface area contributed by atoms with Gasteiger partial charge in [0.1, 0.15) is 6.61 Å². The standard InChI is InChI=1S/C13H18F2N2O2/c1-9-3-4-10(11(7-9)16-2)13(18)17-5-6-19-8-12(14)15/h3-4,7,12,16H,5-6,8H2,1-2H3,(H,17,18). The maximum absolute atomic E-state index is 11.9. The number of nitrogens with one attached hydrogen (secondary N) is 2. The van der Waals surface area contributed by atoms with Crippen LogP contribution in [-0.2, 0) is 4.74 Å². The minimum absolute atomic E-state index is 0.0663. The molecule has 0 atom stereocenters. The normalized spacial score (nSPS) is 10.6. The van der Waals surface area contributed by atoms with Gasteiger partial charge in [0.2, 0.25) is 0 Å². The molecule has 0 aliphatic rings. The van der Waals surface area contributed by atoms with Gasteiger partial charge in [-0.15, -0.1) is 0 Å². The molecule has 0 saturated carbocycles. The van der Waals surface area contributed by atoms with E-state index in [0.29, 0.717) is 5.56 Å². The summed E-state index contributed by atoms with van der Waals surface area (Å²) < 4.78 is 28.3. The fraction of sp³-hybridized carbons (Fsp3) is 0.462. The summed E-state index contributed by atoms with van der Waals surface area (Å²) in [6.07, 6.45) is -2.48. The molecule has 1 rings (SSSR count). The van der Waals surface area contributed by atoms with Crippen molar-refractivity contribution in [2.75, 3.05) is 32.1 Å². The van der Waals surface area contributed by atoms with Crippen molar-refractivity contribution in [2.24, 2.45) is 0 Å². The van der Waals surface area contributed by atoms with Crippen molar-refractivity contribution in [3.63, 3.8) is 0 Å². The number of hydrogen-bond acceptors (Lipinski definition) is 3. The summed E-state index contributed by atoms with van der Waals surface area (Å²) in [6, 6.07) is 5.42. The Labute approximate surface area is 111 Å². The Kier molecular flexibility index (Phi) is 6.21. The third-order valence-corrected chi connectivity index (χ3v) is 2.46. The number of benzene rings is 1. The number of carbonyl (C=O) groups excluding carboxylic acids is 1. The molecule has 0 aromatic heterocycles. The molecule has 1 amide bonds. The fourth-order valence-electron chi connectivity index (χ4n) is 1.57. The van der Waals surface area contributed by atoms with Crippen LogP contribution in [0.15, 0.2) is 18.2 Å². The Hall–Kier alpha value is -1.69. The van der Waals surface area contributed by atoms with Crippen LogP contribution in [0.3, 0.4) is 0 Å². The van der Waals surface area contributed by atoms with Gasteiger partial charge in [0, 0.05) is 19.3 Å². The number of ether oxygens (including phenoxy) is 1. The van der Waals surface area contributed by atoms with Crippen LogP contribution in [0, 0.1) is 6.92 Å². The van der Waals surface area contributed by atoms with E-state index in [0.717, 1.165) is 11.3 Å². The second-order valence-corrected chi connectivity index (χ2v) is 4.02. The highest BCUT2D eigenvalue weighted by Gasteiger charge is 2.10. The van der Waals surface area contributed by atoms with Crippen LogP contribution in [0.25, 0.3) is 0 Å². The molecule has 0 unspecified atom stereocenters. The first kappa shape index (κ1) is 15.4. The molecule has 1 aromatic rings. The fourth-order valence-corrected chi connectivity index (χ4v) is 1.57. The van der Waals surface area contributed by atoms with E-state index in [9.17, 15) is 13.6 Å². The third kappa shape index (κ3) is 5.21. The number of hydrogen-bond donors (Lipinski definition) is 2. The molecule has 4 nitrogen and oxygen atoms in total. The highest BCUT2D eigenvalue weighted by molar-refractivity contribution is 5.99. The summed E-state index contributed by atoms with van der Waals surface area (Å²) in [5, 5.41) is 5.56. The van der Waals surface area contributed by atoms with Gasteiger partial charge in [-0.25, -0.2) is 8.78 Å². The molecule has 0 radical (unpaired) electrons. The van der Waals surface area contributed by atoms with Crippen molar-refractivity contribution in [1.82, 2.24) is 5.32 Å². The van der Waals surface area contributed by atoms with Gasteiger partial charge in [-0.1, -0.05) is 6.07 Å². The molecule has 0 heterocycles.